The third-order valence-corrected chi connectivity index (χ3v) is 4.90. The average Bonchev–Trinajstić information content (AvgIpc) is 2.67. The summed E-state index contributed by atoms with van der Waals surface area (Å²) in [5.74, 6) is -0.509. The number of nitrogens with zero attached hydrogens (tertiary/aromatic N) is 2. The van der Waals surface area contributed by atoms with Crippen LogP contribution in [-0.2, 0) is 4.79 Å². The van der Waals surface area contributed by atoms with Gasteiger partial charge in [-0.15, -0.1) is 0 Å². The van der Waals surface area contributed by atoms with Gasteiger partial charge < -0.3 is 14.9 Å². The molecule has 1 amide bonds. The zero-order chi connectivity index (χ0) is 17.8. The van der Waals surface area contributed by atoms with Crippen molar-refractivity contribution < 1.29 is 14.3 Å². The van der Waals surface area contributed by atoms with Gasteiger partial charge >= 0.3 is 0 Å². The first-order valence-corrected chi connectivity index (χ1v) is 8.56. The van der Waals surface area contributed by atoms with Crippen LogP contribution in [0, 0.1) is 5.82 Å². The number of carbonyl (C=O) groups is 1. The predicted octanol–water partition coefficient (Wildman–Crippen LogP) is 2.99. The van der Waals surface area contributed by atoms with Gasteiger partial charge in [-0.05, 0) is 42.7 Å². The van der Waals surface area contributed by atoms with Crippen molar-refractivity contribution in [3.63, 3.8) is 0 Å². The van der Waals surface area contributed by atoms with Gasteiger partial charge in [0.25, 0.3) is 5.91 Å². The number of halogens is 1. The maximum Gasteiger partial charge on any atom is 0.256 e. The molecule has 3 rings (SSSR count). The number of piperidine rings is 1. The van der Waals surface area contributed by atoms with E-state index in [1.54, 1.807) is 36.2 Å². The molecule has 5 heteroatoms. The summed E-state index contributed by atoms with van der Waals surface area (Å²) in [7, 11) is 1.76. The van der Waals surface area contributed by atoms with E-state index in [-0.39, 0.29) is 17.8 Å². The molecule has 0 spiro atoms. The largest absolute Gasteiger partial charge is 0.378 e. The third kappa shape index (κ3) is 3.99. The summed E-state index contributed by atoms with van der Waals surface area (Å²) < 4.78 is 13.0. The standard InChI is InChI=1S/C20H23FN2O2/c1-22(20(25)19(24)15-5-3-2-4-6-15)17-11-13-23(14-12-17)18-9-7-16(21)8-10-18/h2-10,17,19,24H,11-14H2,1H3. The van der Waals surface area contributed by atoms with Crippen LogP contribution in [-0.4, -0.2) is 42.1 Å². The molecule has 25 heavy (non-hydrogen) atoms. The summed E-state index contributed by atoms with van der Waals surface area (Å²) in [6.07, 6.45) is 0.517. The summed E-state index contributed by atoms with van der Waals surface area (Å²) in [4.78, 5) is 16.4. The highest BCUT2D eigenvalue weighted by atomic mass is 19.1. The minimum absolute atomic E-state index is 0.0996. The lowest BCUT2D eigenvalue weighted by Gasteiger charge is -2.38. The van der Waals surface area contributed by atoms with Crippen molar-refractivity contribution in [2.45, 2.75) is 25.0 Å². The molecule has 1 unspecified atom stereocenters. The molecule has 1 atom stereocenters. The Hall–Kier alpha value is -2.40. The number of rotatable bonds is 4. The van der Waals surface area contributed by atoms with Crippen LogP contribution in [0.3, 0.4) is 0 Å². The van der Waals surface area contributed by atoms with E-state index >= 15 is 0 Å². The van der Waals surface area contributed by atoms with Crippen molar-refractivity contribution in [2.24, 2.45) is 0 Å². The maximum atomic E-state index is 13.0. The predicted molar refractivity (Wildman–Crippen MR) is 95.8 cm³/mol. The zero-order valence-electron chi connectivity index (χ0n) is 14.3. The topological polar surface area (TPSA) is 43.8 Å². The van der Waals surface area contributed by atoms with Crippen LogP contribution in [0.25, 0.3) is 0 Å². The van der Waals surface area contributed by atoms with Crippen LogP contribution in [0.1, 0.15) is 24.5 Å². The number of aliphatic hydroxyl groups is 1. The fraction of sp³-hybridized carbons (Fsp3) is 0.350. The summed E-state index contributed by atoms with van der Waals surface area (Å²) in [6, 6.07) is 15.6. The van der Waals surface area contributed by atoms with Gasteiger partial charge in [-0.25, -0.2) is 4.39 Å². The molecule has 4 nitrogen and oxygen atoms in total. The molecule has 0 aliphatic carbocycles. The minimum atomic E-state index is -1.12. The number of hydrogen-bond acceptors (Lipinski definition) is 3. The van der Waals surface area contributed by atoms with E-state index in [1.807, 2.05) is 18.2 Å². The lowest BCUT2D eigenvalue weighted by Crippen LogP contribution is -2.47. The quantitative estimate of drug-likeness (QED) is 0.929. The first kappa shape index (κ1) is 17.4. The Morgan fingerprint density at radius 2 is 1.72 bits per heavy atom. The van der Waals surface area contributed by atoms with Crippen molar-refractivity contribution in [2.75, 3.05) is 25.0 Å². The van der Waals surface area contributed by atoms with Crippen molar-refractivity contribution >= 4 is 11.6 Å². The molecule has 0 radical (unpaired) electrons. The number of hydrogen-bond donors (Lipinski definition) is 1. The van der Waals surface area contributed by atoms with E-state index < -0.39 is 6.10 Å². The first-order chi connectivity index (χ1) is 12.1. The molecule has 2 aromatic rings. The second kappa shape index (κ2) is 7.66. The number of aliphatic hydroxyl groups excluding tert-OH is 1. The second-order valence-electron chi connectivity index (χ2n) is 6.46. The fourth-order valence-electron chi connectivity index (χ4n) is 3.31. The van der Waals surface area contributed by atoms with E-state index in [1.165, 1.54) is 12.1 Å². The average molecular weight is 342 g/mol. The Balaban J connectivity index is 1.58. The van der Waals surface area contributed by atoms with Gasteiger partial charge in [0.15, 0.2) is 6.10 Å². The molecule has 1 saturated heterocycles. The number of carbonyl (C=O) groups excluding carboxylic acids is 1. The molecule has 1 fully saturated rings. The molecular formula is C20H23FN2O2. The number of anilines is 1. The molecule has 0 saturated carbocycles. The Labute approximate surface area is 147 Å². The normalized spacial score (nSPS) is 16.5. The number of benzene rings is 2. The van der Waals surface area contributed by atoms with E-state index in [0.717, 1.165) is 31.6 Å². The molecule has 2 aromatic carbocycles. The van der Waals surface area contributed by atoms with E-state index in [4.69, 9.17) is 0 Å². The van der Waals surface area contributed by atoms with Crippen molar-refractivity contribution in [1.82, 2.24) is 4.90 Å². The summed E-state index contributed by atoms with van der Waals surface area (Å²) >= 11 is 0. The van der Waals surface area contributed by atoms with Crippen LogP contribution in [0.4, 0.5) is 10.1 Å². The Morgan fingerprint density at radius 1 is 1.12 bits per heavy atom. The molecule has 0 aromatic heterocycles. The molecule has 1 heterocycles. The van der Waals surface area contributed by atoms with Gasteiger partial charge in [-0.3, -0.25) is 4.79 Å². The van der Waals surface area contributed by atoms with Crippen molar-refractivity contribution in [3.05, 3.63) is 66.0 Å². The highest BCUT2D eigenvalue weighted by molar-refractivity contribution is 5.82. The SMILES string of the molecule is CN(C(=O)C(O)c1ccccc1)C1CCN(c2ccc(F)cc2)CC1. The summed E-state index contributed by atoms with van der Waals surface area (Å²) in [6.45, 7) is 1.60. The van der Waals surface area contributed by atoms with E-state index in [2.05, 4.69) is 4.90 Å². The monoisotopic (exact) mass is 342 g/mol. The Morgan fingerprint density at radius 3 is 2.32 bits per heavy atom. The van der Waals surface area contributed by atoms with Gasteiger partial charge in [0.05, 0.1) is 0 Å². The summed E-state index contributed by atoms with van der Waals surface area (Å²) in [5.41, 5.74) is 1.61. The van der Waals surface area contributed by atoms with Gasteiger partial charge in [-0.2, -0.15) is 0 Å². The van der Waals surface area contributed by atoms with Gasteiger partial charge in [0.2, 0.25) is 0 Å². The highest BCUT2D eigenvalue weighted by Crippen LogP contribution is 2.24. The molecule has 132 valence electrons. The summed E-state index contributed by atoms with van der Waals surface area (Å²) in [5, 5.41) is 10.3. The van der Waals surface area contributed by atoms with Crippen LogP contribution >= 0.6 is 0 Å². The molecule has 1 N–H and O–H groups in total. The van der Waals surface area contributed by atoms with Gasteiger partial charge in [-0.1, -0.05) is 30.3 Å². The lowest BCUT2D eigenvalue weighted by atomic mass is 10.0. The van der Waals surface area contributed by atoms with Gasteiger partial charge in [0.1, 0.15) is 5.82 Å². The molecule has 1 aliphatic rings. The van der Waals surface area contributed by atoms with E-state index in [9.17, 15) is 14.3 Å². The van der Waals surface area contributed by atoms with Crippen molar-refractivity contribution in [3.8, 4) is 0 Å². The zero-order valence-corrected chi connectivity index (χ0v) is 14.3. The fourth-order valence-corrected chi connectivity index (χ4v) is 3.31. The molecule has 1 aliphatic heterocycles. The third-order valence-electron chi connectivity index (χ3n) is 4.90. The highest BCUT2D eigenvalue weighted by Gasteiger charge is 2.29. The Kier molecular flexibility index (Phi) is 5.34. The maximum absolute atomic E-state index is 13.0. The number of likely N-dealkylation sites (N-methyl/N-ethyl adjacent to an activating group) is 1. The lowest BCUT2D eigenvalue weighted by molar-refractivity contribution is -0.141. The van der Waals surface area contributed by atoms with Gasteiger partial charge in [0, 0.05) is 31.9 Å². The second-order valence-corrected chi connectivity index (χ2v) is 6.46. The molecule has 0 bridgehead atoms. The first-order valence-electron chi connectivity index (χ1n) is 8.56. The van der Waals surface area contributed by atoms with Crippen LogP contribution in [0.5, 0.6) is 0 Å². The van der Waals surface area contributed by atoms with Crippen LogP contribution in [0.2, 0.25) is 0 Å². The Bertz CT molecular complexity index is 697. The van der Waals surface area contributed by atoms with Crippen molar-refractivity contribution in [1.29, 1.82) is 0 Å². The van der Waals surface area contributed by atoms with E-state index in [0.29, 0.717) is 5.56 Å². The van der Waals surface area contributed by atoms with Crippen LogP contribution < -0.4 is 4.90 Å². The van der Waals surface area contributed by atoms with Crippen LogP contribution in [0.15, 0.2) is 54.6 Å². The number of amides is 1. The molecular weight excluding hydrogens is 319 g/mol. The smallest absolute Gasteiger partial charge is 0.256 e. The minimum Gasteiger partial charge on any atom is -0.378 e.